The van der Waals surface area contributed by atoms with E-state index in [-0.39, 0.29) is 18.0 Å². The van der Waals surface area contributed by atoms with E-state index in [1.807, 2.05) is 0 Å². The fraction of sp³-hybridized carbons (Fsp3) is 0.667. The van der Waals surface area contributed by atoms with Gasteiger partial charge < -0.3 is 5.11 Å². The second-order valence-electron chi connectivity index (χ2n) is 3.94. The highest BCUT2D eigenvalue weighted by Gasteiger charge is 2.24. The summed E-state index contributed by atoms with van der Waals surface area (Å²) in [7, 11) is -0.412. The lowest BCUT2D eigenvalue weighted by atomic mass is 10.4. The largest absolute Gasteiger partial charge is 0.394 e. The molecule has 0 saturated heterocycles. The number of nitrogens with zero attached hydrogens (tertiary/aromatic N) is 3. The Bertz CT molecular complexity index is 493. The van der Waals surface area contributed by atoms with E-state index in [2.05, 4.69) is 9.93 Å². The van der Waals surface area contributed by atoms with Crippen molar-refractivity contribution in [2.45, 2.75) is 25.3 Å². The fourth-order valence-corrected chi connectivity index (χ4v) is 3.16. The van der Waals surface area contributed by atoms with Crippen LogP contribution in [0, 0.1) is 13.8 Å². The van der Waals surface area contributed by atoms with Gasteiger partial charge >= 0.3 is 0 Å². The Labute approximate surface area is 101 Å². The third kappa shape index (κ3) is 3.03. The molecule has 0 bridgehead atoms. The Morgan fingerprint density at radius 2 is 2.00 bits per heavy atom. The summed E-state index contributed by atoms with van der Waals surface area (Å²) in [5, 5.41) is 14.3. The number of nitrogens with one attached hydrogen (secondary N) is 1. The van der Waals surface area contributed by atoms with Crippen molar-refractivity contribution < 1.29 is 13.5 Å². The van der Waals surface area contributed by atoms with Crippen LogP contribution in [-0.2, 0) is 16.6 Å². The molecule has 0 unspecified atom stereocenters. The maximum atomic E-state index is 12.0. The molecule has 98 valence electrons. The van der Waals surface area contributed by atoms with Crippen LogP contribution in [0.1, 0.15) is 11.4 Å². The van der Waals surface area contributed by atoms with Crippen molar-refractivity contribution in [1.82, 2.24) is 19.6 Å². The first-order valence-corrected chi connectivity index (χ1v) is 6.62. The summed E-state index contributed by atoms with van der Waals surface area (Å²) in [5.41, 5.74) is 0.941. The van der Waals surface area contributed by atoms with Crippen LogP contribution in [0.25, 0.3) is 0 Å². The first kappa shape index (κ1) is 14.1. The lowest BCUT2D eigenvalue weighted by molar-refractivity contribution is 0.267. The van der Waals surface area contributed by atoms with Gasteiger partial charge in [-0.2, -0.15) is 5.10 Å². The van der Waals surface area contributed by atoms with Gasteiger partial charge in [-0.25, -0.2) is 13.4 Å². The lowest BCUT2D eigenvalue weighted by Crippen LogP contribution is -2.36. The predicted octanol–water partition coefficient (Wildman–Crippen LogP) is -0.753. The van der Waals surface area contributed by atoms with Gasteiger partial charge in [-0.15, -0.1) is 4.83 Å². The van der Waals surface area contributed by atoms with Crippen molar-refractivity contribution in [3.63, 3.8) is 0 Å². The summed E-state index contributed by atoms with van der Waals surface area (Å²) in [6, 6.07) is 0. The van der Waals surface area contributed by atoms with Crippen LogP contribution in [0.15, 0.2) is 4.90 Å². The van der Waals surface area contributed by atoms with E-state index < -0.39 is 10.0 Å². The molecule has 0 aliphatic heterocycles. The van der Waals surface area contributed by atoms with E-state index in [0.717, 1.165) is 0 Å². The van der Waals surface area contributed by atoms with E-state index in [9.17, 15) is 8.42 Å². The van der Waals surface area contributed by atoms with Gasteiger partial charge in [-0.05, 0) is 13.8 Å². The number of rotatable bonds is 5. The number of hydrazine groups is 1. The molecule has 0 aliphatic rings. The Morgan fingerprint density at radius 3 is 2.47 bits per heavy atom. The zero-order valence-corrected chi connectivity index (χ0v) is 11.2. The van der Waals surface area contributed by atoms with Gasteiger partial charge in [0.05, 0.1) is 24.5 Å². The molecule has 7 nitrogen and oxygen atoms in total. The summed E-state index contributed by atoms with van der Waals surface area (Å²) in [6.07, 6.45) is 0. The molecule has 0 amide bonds. The average molecular weight is 262 g/mol. The smallest absolute Gasteiger partial charge is 0.257 e. The minimum absolute atomic E-state index is 0.0808. The first-order chi connectivity index (χ1) is 7.79. The zero-order valence-electron chi connectivity index (χ0n) is 10.4. The minimum atomic E-state index is -3.61. The molecule has 1 aromatic rings. The van der Waals surface area contributed by atoms with Crippen LogP contribution in [0.5, 0.6) is 0 Å². The Balaban J connectivity index is 3.22. The number of aliphatic hydroxyl groups excluding tert-OH is 1. The first-order valence-electron chi connectivity index (χ1n) is 5.14. The summed E-state index contributed by atoms with van der Waals surface area (Å²) in [4.78, 5) is 2.53. The normalized spacial score (nSPS) is 12.4. The van der Waals surface area contributed by atoms with Crippen LogP contribution < -0.4 is 4.83 Å². The second-order valence-corrected chi connectivity index (χ2v) is 5.53. The van der Waals surface area contributed by atoms with E-state index >= 15 is 0 Å². The van der Waals surface area contributed by atoms with Gasteiger partial charge in [-0.3, -0.25) is 4.68 Å². The summed E-state index contributed by atoms with van der Waals surface area (Å²) >= 11 is 0. The lowest BCUT2D eigenvalue weighted by Gasteiger charge is -2.12. The monoisotopic (exact) mass is 262 g/mol. The van der Waals surface area contributed by atoms with Gasteiger partial charge in [-0.1, -0.05) is 0 Å². The molecule has 1 rings (SSSR count). The van der Waals surface area contributed by atoms with Gasteiger partial charge in [0.15, 0.2) is 0 Å². The second kappa shape index (κ2) is 5.13. The van der Waals surface area contributed by atoms with Gasteiger partial charge in [0, 0.05) is 14.1 Å². The molecular formula is C9H18N4O3S. The molecule has 1 heterocycles. The Hall–Kier alpha value is -0.960. The quantitative estimate of drug-likeness (QED) is 0.682. The third-order valence-electron chi connectivity index (χ3n) is 2.20. The highest BCUT2D eigenvalue weighted by molar-refractivity contribution is 7.89. The number of aliphatic hydroxyl groups is 1. The van der Waals surface area contributed by atoms with Gasteiger partial charge in [0.2, 0.25) is 0 Å². The topological polar surface area (TPSA) is 87.5 Å². The van der Waals surface area contributed by atoms with Gasteiger partial charge in [0.1, 0.15) is 4.90 Å². The number of aryl methyl sites for hydroxylation is 1. The van der Waals surface area contributed by atoms with Crippen molar-refractivity contribution in [3.8, 4) is 0 Å². The van der Waals surface area contributed by atoms with Crippen LogP contribution in [0.3, 0.4) is 0 Å². The minimum Gasteiger partial charge on any atom is -0.394 e. The summed E-state index contributed by atoms with van der Waals surface area (Å²) in [6.45, 7) is 3.50. The molecule has 0 radical (unpaired) electrons. The fourth-order valence-electron chi connectivity index (χ4n) is 1.67. The van der Waals surface area contributed by atoms with E-state index in [4.69, 9.17) is 5.11 Å². The number of hydrogen-bond donors (Lipinski definition) is 2. The van der Waals surface area contributed by atoms with Crippen LogP contribution in [0.4, 0.5) is 0 Å². The van der Waals surface area contributed by atoms with Crippen molar-refractivity contribution in [1.29, 1.82) is 0 Å². The molecule has 0 atom stereocenters. The van der Waals surface area contributed by atoms with Gasteiger partial charge in [0.25, 0.3) is 10.0 Å². The molecular weight excluding hydrogens is 244 g/mol. The molecule has 1 aromatic heterocycles. The Kier molecular flexibility index (Phi) is 4.26. The molecule has 2 N–H and O–H groups in total. The number of aromatic nitrogens is 2. The highest BCUT2D eigenvalue weighted by Crippen LogP contribution is 2.18. The van der Waals surface area contributed by atoms with Crippen molar-refractivity contribution in [2.24, 2.45) is 0 Å². The maximum absolute atomic E-state index is 12.0. The molecule has 0 spiro atoms. The van der Waals surface area contributed by atoms with Crippen LogP contribution in [0.2, 0.25) is 0 Å². The Morgan fingerprint density at radius 1 is 1.41 bits per heavy atom. The molecule has 0 aliphatic carbocycles. The number of hydrogen-bond acceptors (Lipinski definition) is 5. The summed E-state index contributed by atoms with van der Waals surface area (Å²) in [5.74, 6) is 0. The number of sulfonamides is 1. The van der Waals surface area contributed by atoms with E-state index in [0.29, 0.717) is 11.4 Å². The third-order valence-corrected chi connectivity index (χ3v) is 3.93. The zero-order chi connectivity index (χ0) is 13.2. The maximum Gasteiger partial charge on any atom is 0.257 e. The predicted molar refractivity (Wildman–Crippen MR) is 62.8 cm³/mol. The van der Waals surface area contributed by atoms with Crippen molar-refractivity contribution in [2.75, 3.05) is 20.7 Å². The molecule has 0 fully saturated rings. The molecule has 17 heavy (non-hydrogen) atoms. The highest BCUT2D eigenvalue weighted by atomic mass is 32.2. The molecule has 8 heteroatoms. The van der Waals surface area contributed by atoms with Crippen molar-refractivity contribution in [3.05, 3.63) is 11.4 Å². The summed E-state index contributed by atoms with van der Waals surface area (Å²) < 4.78 is 25.6. The molecule has 0 saturated carbocycles. The van der Waals surface area contributed by atoms with Crippen molar-refractivity contribution >= 4 is 10.0 Å². The molecule has 0 aromatic carbocycles. The average Bonchev–Trinajstić information content (AvgIpc) is 2.40. The SMILES string of the molecule is Cc1nn(CCO)c(C)c1S(=O)(=O)NN(C)C. The van der Waals surface area contributed by atoms with E-state index in [1.54, 1.807) is 27.9 Å². The van der Waals surface area contributed by atoms with E-state index in [1.165, 1.54) is 9.69 Å². The van der Waals surface area contributed by atoms with Crippen LogP contribution >= 0.6 is 0 Å². The van der Waals surface area contributed by atoms with Crippen LogP contribution in [-0.4, -0.2) is 49.0 Å². The standard InChI is InChI=1S/C9H18N4O3S/c1-7-9(17(15,16)11-12(3)4)8(2)13(10-7)5-6-14/h11,14H,5-6H2,1-4H3.